The Hall–Kier alpha value is -3.21. The molecule has 0 radical (unpaired) electrons. The molecule has 5 heteroatoms. The average Bonchev–Trinajstić information content (AvgIpc) is 3.45. The monoisotopic (exact) mass is 385 g/mol. The van der Waals surface area contributed by atoms with Crippen molar-refractivity contribution in [3.05, 3.63) is 93.7 Å². The summed E-state index contributed by atoms with van der Waals surface area (Å²) in [5.74, 6) is 0.444. The molecule has 29 heavy (non-hydrogen) atoms. The van der Waals surface area contributed by atoms with Crippen LogP contribution < -0.4 is 10.9 Å². The van der Waals surface area contributed by atoms with Crippen LogP contribution in [0.4, 0.5) is 5.69 Å². The first-order valence-corrected chi connectivity index (χ1v) is 10.2. The molecule has 1 aromatic carbocycles. The van der Waals surface area contributed by atoms with Gasteiger partial charge >= 0.3 is 0 Å². The molecule has 5 nitrogen and oxygen atoms in total. The molecule has 1 N–H and O–H groups in total. The Morgan fingerprint density at radius 2 is 1.90 bits per heavy atom. The quantitative estimate of drug-likeness (QED) is 0.722. The number of fused-ring (bicyclic) bond motifs is 1. The summed E-state index contributed by atoms with van der Waals surface area (Å²) in [6.07, 6.45) is 10.7. The normalized spacial score (nSPS) is 17.7. The molecular formula is C24H23N3O2. The minimum absolute atomic E-state index is 0.00896. The topological polar surface area (TPSA) is 64.0 Å². The summed E-state index contributed by atoms with van der Waals surface area (Å²) in [6.45, 7) is 0. The zero-order chi connectivity index (χ0) is 19.8. The highest BCUT2D eigenvalue weighted by atomic mass is 16.2. The summed E-state index contributed by atoms with van der Waals surface area (Å²) >= 11 is 0. The van der Waals surface area contributed by atoms with Gasteiger partial charge < -0.3 is 9.88 Å². The van der Waals surface area contributed by atoms with E-state index in [1.165, 1.54) is 29.5 Å². The summed E-state index contributed by atoms with van der Waals surface area (Å²) in [6, 6.07) is 13.3. The Balaban J connectivity index is 1.46. The molecule has 1 fully saturated rings. The van der Waals surface area contributed by atoms with Crippen LogP contribution in [0.3, 0.4) is 0 Å². The second-order valence-electron chi connectivity index (χ2n) is 8.01. The van der Waals surface area contributed by atoms with Crippen molar-refractivity contribution in [3.63, 3.8) is 0 Å². The SMILES string of the molecule is O=C(Nc1ccncc1)c1cccn(C2CCc3c(CC4CC4)cccc32)c1=O. The number of pyridine rings is 2. The van der Waals surface area contributed by atoms with E-state index in [4.69, 9.17) is 0 Å². The predicted octanol–water partition coefficient (Wildman–Crippen LogP) is 3.98. The summed E-state index contributed by atoms with van der Waals surface area (Å²) in [4.78, 5) is 29.8. The Morgan fingerprint density at radius 1 is 1.07 bits per heavy atom. The molecule has 2 heterocycles. The molecule has 0 spiro atoms. The van der Waals surface area contributed by atoms with E-state index in [2.05, 4.69) is 28.5 Å². The van der Waals surface area contributed by atoms with E-state index in [1.54, 1.807) is 47.4 Å². The summed E-state index contributed by atoms with van der Waals surface area (Å²) in [7, 11) is 0. The van der Waals surface area contributed by atoms with Gasteiger partial charge in [0.25, 0.3) is 11.5 Å². The number of aromatic nitrogens is 2. The number of hydrogen-bond acceptors (Lipinski definition) is 3. The van der Waals surface area contributed by atoms with Crippen LogP contribution in [-0.2, 0) is 12.8 Å². The standard InChI is InChI=1S/C24H23N3O2/c28-23(26-18-10-12-25-13-11-18)21-5-2-14-27(24(21)29)22-9-8-19-17(15-16-6-7-16)3-1-4-20(19)22/h1-5,10-14,16,22H,6-9,15H2,(H,25,26,28). The van der Waals surface area contributed by atoms with E-state index in [0.717, 1.165) is 25.2 Å². The van der Waals surface area contributed by atoms with E-state index in [0.29, 0.717) is 5.69 Å². The van der Waals surface area contributed by atoms with E-state index in [-0.39, 0.29) is 17.2 Å². The number of carbonyl (C=O) groups excluding carboxylic acids is 1. The Bertz CT molecular complexity index is 1120. The maximum absolute atomic E-state index is 13.2. The first-order valence-electron chi connectivity index (χ1n) is 10.2. The molecule has 5 rings (SSSR count). The van der Waals surface area contributed by atoms with Gasteiger partial charge in [-0.1, -0.05) is 18.2 Å². The molecular weight excluding hydrogens is 362 g/mol. The van der Waals surface area contributed by atoms with Crippen molar-refractivity contribution in [1.29, 1.82) is 0 Å². The van der Waals surface area contributed by atoms with Gasteiger partial charge in [0.2, 0.25) is 0 Å². The molecule has 2 aliphatic rings. The molecule has 3 aromatic rings. The smallest absolute Gasteiger partial charge is 0.263 e. The maximum atomic E-state index is 13.2. The summed E-state index contributed by atoms with van der Waals surface area (Å²) in [5, 5.41) is 2.78. The van der Waals surface area contributed by atoms with Crippen LogP contribution in [0.2, 0.25) is 0 Å². The van der Waals surface area contributed by atoms with Crippen molar-refractivity contribution in [2.24, 2.45) is 5.92 Å². The van der Waals surface area contributed by atoms with E-state index < -0.39 is 5.91 Å². The lowest BCUT2D eigenvalue weighted by Gasteiger charge is -2.17. The van der Waals surface area contributed by atoms with E-state index in [1.807, 2.05) is 0 Å². The number of anilines is 1. The second kappa shape index (κ2) is 7.32. The van der Waals surface area contributed by atoms with Gasteiger partial charge in [0.05, 0.1) is 6.04 Å². The fourth-order valence-electron chi connectivity index (χ4n) is 4.38. The first kappa shape index (κ1) is 17.9. The fourth-order valence-corrected chi connectivity index (χ4v) is 4.38. The van der Waals surface area contributed by atoms with E-state index in [9.17, 15) is 9.59 Å². The van der Waals surface area contributed by atoms with Gasteiger partial charge in [-0.2, -0.15) is 0 Å². The molecule has 0 saturated heterocycles. The van der Waals surface area contributed by atoms with Crippen LogP contribution in [0, 0.1) is 5.92 Å². The van der Waals surface area contributed by atoms with Crippen LogP contribution in [0.5, 0.6) is 0 Å². The number of nitrogens with one attached hydrogen (secondary N) is 1. The van der Waals surface area contributed by atoms with Gasteiger partial charge in [0.1, 0.15) is 5.56 Å². The van der Waals surface area contributed by atoms with Gasteiger partial charge in [0, 0.05) is 24.3 Å². The number of rotatable bonds is 5. The summed E-state index contributed by atoms with van der Waals surface area (Å²) in [5.41, 5.74) is 4.61. The fraction of sp³-hybridized carbons (Fsp3) is 0.292. The van der Waals surface area contributed by atoms with Crippen LogP contribution in [0.15, 0.2) is 65.8 Å². The Labute approximate surface area is 169 Å². The highest BCUT2D eigenvalue weighted by Crippen LogP contribution is 2.39. The number of carbonyl (C=O) groups is 1. The van der Waals surface area contributed by atoms with Gasteiger partial charge in [-0.15, -0.1) is 0 Å². The molecule has 2 aromatic heterocycles. The molecule has 2 aliphatic carbocycles. The van der Waals surface area contributed by atoms with Crippen molar-refractivity contribution in [3.8, 4) is 0 Å². The third-order valence-corrected chi connectivity index (χ3v) is 6.03. The lowest BCUT2D eigenvalue weighted by Crippen LogP contribution is -2.31. The second-order valence-corrected chi connectivity index (χ2v) is 8.01. The zero-order valence-corrected chi connectivity index (χ0v) is 16.2. The van der Waals surface area contributed by atoms with Crippen LogP contribution in [0.25, 0.3) is 0 Å². The van der Waals surface area contributed by atoms with Crippen molar-refractivity contribution in [1.82, 2.24) is 9.55 Å². The average molecular weight is 385 g/mol. The van der Waals surface area contributed by atoms with E-state index >= 15 is 0 Å². The molecule has 1 amide bonds. The highest BCUT2D eigenvalue weighted by molar-refractivity contribution is 6.03. The van der Waals surface area contributed by atoms with Crippen LogP contribution in [0.1, 0.15) is 52.4 Å². The van der Waals surface area contributed by atoms with Gasteiger partial charge in [0.15, 0.2) is 0 Å². The number of hydrogen-bond donors (Lipinski definition) is 1. The largest absolute Gasteiger partial charge is 0.322 e. The third-order valence-electron chi connectivity index (χ3n) is 6.03. The van der Waals surface area contributed by atoms with Gasteiger partial charge in [-0.25, -0.2) is 0 Å². The zero-order valence-electron chi connectivity index (χ0n) is 16.2. The lowest BCUT2D eigenvalue weighted by molar-refractivity contribution is 0.102. The first-order chi connectivity index (χ1) is 14.2. The number of amides is 1. The molecule has 146 valence electrons. The minimum Gasteiger partial charge on any atom is -0.322 e. The molecule has 0 bridgehead atoms. The van der Waals surface area contributed by atoms with Crippen LogP contribution >= 0.6 is 0 Å². The maximum Gasteiger partial charge on any atom is 0.263 e. The minimum atomic E-state index is -0.392. The Kier molecular flexibility index (Phi) is 4.51. The lowest BCUT2D eigenvalue weighted by atomic mass is 9.98. The summed E-state index contributed by atoms with van der Waals surface area (Å²) < 4.78 is 1.73. The van der Waals surface area contributed by atoms with Crippen molar-refractivity contribution in [2.45, 2.75) is 38.1 Å². The number of nitrogens with zero attached hydrogens (tertiary/aromatic N) is 2. The molecule has 1 atom stereocenters. The van der Waals surface area contributed by atoms with Crippen molar-refractivity contribution in [2.75, 3.05) is 5.32 Å². The van der Waals surface area contributed by atoms with Crippen molar-refractivity contribution < 1.29 is 4.79 Å². The molecule has 0 aliphatic heterocycles. The van der Waals surface area contributed by atoms with Crippen molar-refractivity contribution >= 4 is 11.6 Å². The van der Waals surface area contributed by atoms with Crippen LogP contribution in [-0.4, -0.2) is 15.5 Å². The predicted molar refractivity (Wildman–Crippen MR) is 112 cm³/mol. The molecule has 1 unspecified atom stereocenters. The molecule has 1 saturated carbocycles. The number of benzene rings is 1. The van der Waals surface area contributed by atoms with Gasteiger partial charge in [-0.05, 0) is 79.0 Å². The Morgan fingerprint density at radius 3 is 2.69 bits per heavy atom. The third kappa shape index (κ3) is 3.48. The van der Waals surface area contributed by atoms with Gasteiger partial charge in [-0.3, -0.25) is 14.6 Å². The highest BCUT2D eigenvalue weighted by Gasteiger charge is 2.29.